The zero-order chi connectivity index (χ0) is 31.9. The minimum Gasteiger partial charge on any atom is -0.456 e. The molecule has 228 valence electrons. The van der Waals surface area contributed by atoms with E-state index >= 15 is 0 Å². The zero-order valence-electron chi connectivity index (χ0n) is 26.3. The summed E-state index contributed by atoms with van der Waals surface area (Å²) in [6.45, 7) is 10.1. The van der Waals surface area contributed by atoms with Gasteiger partial charge in [-0.3, -0.25) is 9.59 Å². The van der Waals surface area contributed by atoms with Crippen LogP contribution in [0.15, 0.2) is 78.9 Å². The van der Waals surface area contributed by atoms with Crippen LogP contribution in [0.25, 0.3) is 22.3 Å². The van der Waals surface area contributed by atoms with Crippen molar-refractivity contribution in [2.24, 2.45) is 0 Å². The van der Waals surface area contributed by atoms with Crippen LogP contribution in [0.3, 0.4) is 0 Å². The lowest BCUT2D eigenvalue weighted by molar-refractivity contribution is 0.00702. The number of hydrogen-bond acceptors (Lipinski definition) is 6. The fourth-order valence-corrected chi connectivity index (χ4v) is 5.72. The van der Waals surface area contributed by atoms with Crippen LogP contribution in [-0.2, 0) is 17.7 Å². The van der Waals surface area contributed by atoms with Crippen molar-refractivity contribution in [1.82, 2.24) is 14.5 Å². The summed E-state index contributed by atoms with van der Waals surface area (Å²) in [6, 6.07) is 24.3. The van der Waals surface area contributed by atoms with Gasteiger partial charge in [0.1, 0.15) is 16.9 Å². The van der Waals surface area contributed by atoms with Crippen LogP contribution in [0.1, 0.15) is 88.7 Å². The van der Waals surface area contributed by atoms with E-state index in [1.165, 1.54) is 4.90 Å². The van der Waals surface area contributed by atoms with Gasteiger partial charge >= 0.3 is 5.97 Å². The summed E-state index contributed by atoms with van der Waals surface area (Å²) in [5, 5.41) is 0. The summed E-state index contributed by atoms with van der Waals surface area (Å²) in [4.78, 5) is 50.4. The molecule has 0 aliphatic carbocycles. The Hall–Kier alpha value is -5.11. The number of hydrogen-bond donors (Lipinski definition) is 0. The minimum absolute atomic E-state index is 0.348. The average molecular weight is 601 g/mol. The van der Waals surface area contributed by atoms with Crippen molar-refractivity contribution in [3.63, 3.8) is 0 Å². The maximum absolute atomic E-state index is 13.2. The van der Waals surface area contributed by atoms with Crippen molar-refractivity contribution in [1.29, 1.82) is 0 Å². The van der Waals surface area contributed by atoms with Crippen molar-refractivity contribution in [2.75, 3.05) is 4.90 Å². The fraction of sp³-hybridized carbons (Fsp3) is 0.270. The number of fused-ring (bicyclic) bond motifs is 2. The lowest BCUT2D eigenvalue weighted by Crippen LogP contribution is -2.30. The molecule has 0 atom stereocenters. The Bertz CT molecular complexity index is 1920. The molecule has 0 fully saturated rings. The Morgan fingerprint density at radius 2 is 1.47 bits per heavy atom. The first-order chi connectivity index (χ1) is 21.6. The Morgan fingerprint density at radius 1 is 0.844 bits per heavy atom. The van der Waals surface area contributed by atoms with Gasteiger partial charge in [0, 0.05) is 6.42 Å². The molecule has 6 rings (SSSR count). The fourth-order valence-electron chi connectivity index (χ4n) is 5.72. The number of imidazole rings is 1. The predicted molar refractivity (Wildman–Crippen MR) is 175 cm³/mol. The van der Waals surface area contributed by atoms with Crippen molar-refractivity contribution in [2.45, 2.75) is 66.0 Å². The molecule has 0 bridgehead atoms. The number of pyridine rings is 1. The number of esters is 1. The number of unbranched alkanes of at least 4 members (excludes halogenated alkanes) is 1. The van der Waals surface area contributed by atoms with Gasteiger partial charge in [0.25, 0.3) is 11.8 Å². The molecule has 1 aliphatic rings. The highest BCUT2D eigenvalue weighted by Crippen LogP contribution is 2.33. The highest BCUT2D eigenvalue weighted by atomic mass is 16.6. The molecule has 45 heavy (non-hydrogen) atoms. The van der Waals surface area contributed by atoms with Crippen LogP contribution in [0.5, 0.6) is 0 Å². The molecule has 8 nitrogen and oxygen atoms in total. The van der Waals surface area contributed by atoms with Gasteiger partial charge in [-0.2, -0.15) is 0 Å². The second-order valence-corrected chi connectivity index (χ2v) is 12.4. The number of aryl methyl sites for hydroxylation is 2. The highest BCUT2D eigenvalue weighted by molar-refractivity contribution is 6.34. The molecular formula is C37H36N4O4. The zero-order valence-corrected chi connectivity index (χ0v) is 26.3. The number of benzene rings is 3. The molecule has 2 aromatic heterocycles. The first-order valence-electron chi connectivity index (χ1n) is 15.3. The van der Waals surface area contributed by atoms with Crippen LogP contribution in [0.2, 0.25) is 0 Å². The van der Waals surface area contributed by atoms with E-state index in [9.17, 15) is 14.4 Å². The normalized spacial score (nSPS) is 13.0. The number of anilines is 1. The average Bonchev–Trinajstić information content (AvgIpc) is 3.47. The molecule has 0 radical (unpaired) electrons. The molecule has 0 saturated carbocycles. The topological polar surface area (TPSA) is 94.4 Å². The largest absolute Gasteiger partial charge is 0.456 e. The highest BCUT2D eigenvalue weighted by Gasteiger charge is 2.37. The summed E-state index contributed by atoms with van der Waals surface area (Å²) in [5.41, 5.74) is 5.89. The third-order valence-electron chi connectivity index (χ3n) is 7.90. The van der Waals surface area contributed by atoms with Gasteiger partial charge in [-0.25, -0.2) is 19.7 Å². The van der Waals surface area contributed by atoms with Crippen molar-refractivity contribution < 1.29 is 19.1 Å². The predicted octanol–water partition coefficient (Wildman–Crippen LogP) is 7.55. The molecule has 0 unspecified atom stereocenters. The number of imide groups is 1. The third kappa shape index (κ3) is 5.76. The van der Waals surface area contributed by atoms with Gasteiger partial charge in [0.05, 0.1) is 34.6 Å². The van der Waals surface area contributed by atoms with E-state index in [2.05, 4.69) is 23.6 Å². The standard InChI is InChI=1S/C37H36N4O4/c1-6-7-16-32-39-30-21-31(41-34(42)27-13-9-10-14-28(27)35(41)43)23(2)38-33(30)40(32)22-24-17-19-25(20-18-24)26-12-8-11-15-29(26)36(44)45-37(3,4)5/h8-15,17-21H,6-7,16,22H2,1-5H3. The second kappa shape index (κ2) is 11.8. The van der Waals surface area contributed by atoms with E-state index in [0.29, 0.717) is 45.8 Å². The number of nitrogens with zero attached hydrogens (tertiary/aromatic N) is 4. The Kier molecular flexibility index (Phi) is 7.83. The van der Waals surface area contributed by atoms with Crippen molar-refractivity contribution in [3.05, 3.63) is 113 Å². The third-order valence-corrected chi connectivity index (χ3v) is 7.90. The summed E-state index contributed by atoms with van der Waals surface area (Å²) in [5.74, 6) is -0.148. The molecule has 0 saturated heterocycles. The summed E-state index contributed by atoms with van der Waals surface area (Å²) in [7, 11) is 0. The number of carbonyl (C=O) groups is 3. The smallest absolute Gasteiger partial charge is 0.339 e. The van der Waals surface area contributed by atoms with Gasteiger partial charge in [0.2, 0.25) is 0 Å². The SMILES string of the molecule is CCCCc1nc2cc(N3C(=O)c4ccccc4C3=O)c(C)nc2n1Cc1ccc(-c2ccccc2C(=O)OC(C)(C)C)cc1. The molecular weight excluding hydrogens is 564 g/mol. The van der Waals surface area contributed by atoms with E-state index in [1.54, 1.807) is 30.3 Å². The maximum atomic E-state index is 13.2. The lowest BCUT2D eigenvalue weighted by Gasteiger charge is -2.20. The van der Waals surface area contributed by atoms with Gasteiger partial charge < -0.3 is 9.30 Å². The summed E-state index contributed by atoms with van der Waals surface area (Å²) >= 11 is 0. The number of amides is 2. The van der Waals surface area contributed by atoms with Crippen molar-refractivity contribution >= 4 is 34.6 Å². The summed E-state index contributed by atoms with van der Waals surface area (Å²) in [6.07, 6.45) is 2.76. The number of aromatic nitrogens is 3. The van der Waals surface area contributed by atoms with Gasteiger partial charge in [-0.1, -0.05) is 67.9 Å². The Balaban J connectivity index is 1.33. The molecule has 3 heterocycles. The van der Waals surface area contributed by atoms with Crippen molar-refractivity contribution in [3.8, 4) is 11.1 Å². The van der Waals surface area contributed by atoms with Crippen LogP contribution >= 0.6 is 0 Å². The van der Waals surface area contributed by atoms with E-state index in [-0.39, 0.29) is 17.8 Å². The van der Waals surface area contributed by atoms with Gasteiger partial charge in [-0.05, 0) is 75.1 Å². The summed E-state index contributed by atoms with van der Waals surface area (Å²) < 4.78 is 7.77. The second-order valence-electron chi connectivity index (χ2n) is 12.4. The minimum atomic E-state index is -0.588. The Labute approximate surface area is 262 Å². The molecule has 0 N–H and O–H groups in total. The number of rotatable bonds is 8. The first kappa shape index (κ1) is 29.9. The molecule has 5 aromatic rings. The quantitative estimate of drug-likeness (QED) is 0.135. The van der Waals surface area contributed by atoms with E-state index < -0.39 is 5.60 Å². The molecule has 8 heteroatoms. The van der Waals surface area contributed by atoms with Gasteiger partial charge in [-0.15, -0.1) is 0 Å². The first-order valence-corrected chi connectivity index (χ1v) is 15.3. The van der Waals surface area contributed by atoms with Crippen LogP contribution in [0, 0.1) is 6.92 Å². The molecule has 3 aromatic carbocycles. The van der Waals surface area contributed by atoms with Gasteiger partial charge in [0.15, 0.2) is 5.65 Å². The van der Waals surface area contributed by atoms with Crippen LogP contribution in [0.4, 0.5) is 5.69 Å². The molecule has 2 amide bonds. The van der Waals surface area contributed by atoms with Crippen LogP contribution in [-0.4, -0.2) is 37.9 Å². The van der Waals surface area contributed by atoms with E-state index in [4.69, 9.17) is 14.7 Å². The van der Waals surface area contributed by atoms with E-state index in [0.717, 1.165) is 41.8 Å². The number of ether oxygens (including phenoxy) is 1. The molecule has 0 spiro atoms. The van der Waals surface area contributed by atoms with Crippen LogP contribution < -0.4 is 4.90 Å². The molecule has 1 aliphatic heterocycles. The Morgan fingerprint density at radius 3 is 2.09 bits per heavy atom. The monoisotopic (exact) mass is 600 g/mol. The lowest BCUT2D eigenvalue weighted by atomic mass is 9.98. The maximum Gasteiger partial charge on any atom is 0.339 e. The number of carbonyl (C=O) groups excluding carboxylic acids is 3. The van der Waals surface area contributed by atoms with E-state index in [1.807, 2.05) is 64.1 Å².